The summed E-state index contributed by atoms with van der Waals surface area (Å²) in [6, 6.07) is 4.12. The summed E-state index contributed by atoms with van der Waals surface area (Å²) in [6.45, 7) is 4.27. The first-order valence-electron chi connectivity index (χ1n) is 11.9. The molecule has 33 heavy (non-hydrogen) atoms. The van der Waals surface area contributed by atoms with Crippen LogP contribution < -0.4 is 11.1 Å². The number of aliphatic hydroxyl groups is 1. The molecule has 0 unspecified atom stereocenters. The highest BCUT2D eigenvalue weighted by molar-refractivity contribution is 6.10. The molecular formula is C26H32N4O3. The number of carbonyl (C=O) groups excluding carboxylic acids is 2. The predicted octanol–water partition coefficient (Wildman–Crippen LogP) is 3.46. The summed E-state index contributed by atoms with van der Waals surface area (Å²) in [7, 11) is 0. The van der Waals surface area contributed by atoms with Crippen molar-refractivity contribution >= 4 is 28.4 Å². The number of pyridine rings is 1. The summed E-state index contributed by atoms with van der Waals surface area (Å²) >= 11 is 0. The number of nitrogens with zero attached hydrogens (tertiary/aromatic N) is 2. The van der Waals surface area contributed by atoms with Gasteiger partial charge in [0.15, 0.2) is 5.78 Å². The van der Waals surface area contributed by atoms with Crippen LogP contribution in [0.1, 0.15) is 74.8 Å². The number of aromatic nitrogens is 2. The smallest absolute Gasteiger partial charge is 0.246 e. The molecule has 0 spiro atoms. The molecule has 1 saturated carbocycles. The zero-order valence-corrected chi connectivity index (χ0v) is 19.4. The van der Waals surface area contributed by atoms with Gasteiger partial charge >= 0.3 is 0 Å². The zero-order valence-electron chi connectivity index (χ0n) is 19.4. The third kappa shape index (κ3) is 3.99. The molecule has 0 aromatic carbocycles. The number of nitrogens with two attached hydrogens (primary N) is 1. The molecule has 2 aromatic rings. The van der Waals surface area contributed by atoms with Crippen molar-refractivity contribution in [2.75, 3.05) is 0 Å². The Bertz CT molecular complexity index is 1200. The topological polar surface area (TPSA) is 110 Å². The summed E-state index contributed by atoms with van der Waals surface area (Å²) < 4.78 is 2.19. The first-order chi connectivity index (χ1) is 15.7. The number of primary amides is 1. The van der Waals surface area contributed by atoms with E-state index in [-0.39, 0.29) is 23.3 Å². The number of hydrogen-bond acceptors (Lipinski definition) is 5. The van der Waals surface area contributed by atoms with Crippen LogP contribution >= 0.6 is 0 Å². The van der Waals surface area contributed by atoms with Gasteiger partial charge in [-0.3, -0.25) is 14.6 Å². The number of rotatable bonds is 4. The van der Waals surface area contributed by atoms with Crippen LogP contribution in [0.25, 0.3) is 16.7 Å². The molecule has 3 aliphatic carbocycles. The van der Waals surface area contributed by atoms with E-state index >= 15 is 0 Å². The number of fused-ring (bicyclic) bond motifs is 3. The maximum atomic E-state index is 13.1. The van der Waals surface area contributed by atoms with Gasteiger partial charge in [-0.2, -0.15) is 0 Å². The first-order valence-corrected chi connectivity index (χ1v) is 11.9. The van der Waals surface area contributed by atoms with Crippen molar-refractivity contribution < 1.29 is 14.7 Å². The van der Waals surface area contributed by atoms with Crippen molar-refractivity contribution in [3.8, 4) is 0 Å². The van der Waals surface area contributed by atoms with Gasteiger partial charge < -0.3 is 20.7 Å². The Balaban J connectivity index is 1.61. The second-order valence-corrected chi connectivity index (χ2v) is 10.5. The van der Waals surface area contributed by atoms with Crippen molar-refractivity contribution in [3.05, 3.63) is 46.9 Å². The van der Waals surface area contributed by atoms with Crippen molar-refractivity contribution in [1.82, 2.24) is 14.9 Å². The number of ketones is 1. The summed E-state index contributed by atoms with van der Waals surface area (Å²) in [5.74, 6) is -0.256. The molecule has 0 saturated heterocycles. The Morgan fingerprint density at radius 1 is 1.21 bits per heavy atom. The Labute approximate surface area is 193 Å². The SMILES string of the molecule is CC1(C)CC(=O)c2c(n(C3=CC(NC4CCC(O)CC4)=C(C(N)=O)CC3)c3cccnc23)C1. The van der Waals surface area contributed by atoms with Crippen LogP contribution in [0.2, 0.25) is 0 Å². The van der Waals surface area contributed by atoms with E-state index in [0.717, 1.165) is 65.8 Å². The van der Waals surface area contributed by atoms with E-state index in [9.17, 15) is 14.7 Å². The van der Waals surface area contributed by atoms with Gasteiger partial charge in [-0.25, -0.2) is 0 Å². The molecule has 3 aliphatic rings. The fourth-order valence-electron chi connectivity index (χ4n) is 5.71. The normalized spacial score (nSPS) is 25.1. The average Bonchev–Trinajstić information content (AvgIpc) is 3.08. The van der Waals surface area contributed by atoms with E-state index in [1.165, 1.54) is 0 Å². The molecule has 7 heteroatoms. The van der Waals surface area contributed by atoms with Crippen LogP contribution in [-0.2, 0) is 11.2 Å². The molecule has 1 fully saturated rings. The van der Waals surface area contributed by atoms with Crippen molar-refractivity contribution in [2.45, 2.75) is 77.4 Å². The largest absolute Gasteiger partial charge is 0.393 e. The molecule has 0 bridgehead atoms. The Morgan fingerprint density at radius 3 is 2.70 bits per heavy atom. The van der Waals surface area contributed by atoms with E-state index < -0.39 is 5.91 Å². The molecule has 0 radical (unpaired) electrons. The van der Waals surface area contributed by atoms with Gasteiger partial charge in [0, 0.05) is 41.3 Å². The van der Waals surface area contributed by atoms with Crippen molar-refractivity contribution in [2.24, 2.45) is 11.1 Å². The highest BCUT2D eigenvalue weighted by atomic mass is 16.3. The maximum Gasteiger partial charge on any atom is 0.246 e. The molecule has 7 nitrogen and oxygen atoms in total. The first kappa shape index (κ1) is 21.9. The van der Waals surface area contributed by atoms with Crippen LogP contribution in [0.4, 0.5) is 0 Å². The van der Waals surface area contributed by atoms with E-state index in [1.807, 2.05) is 18.2 Å². The molecular weight excluding hydrogens is 416 g/mol. The third-order valence-electron chi connectivity index (χ3n) is 7.29. The quantitative estimate of drug-likeness (QED) is 0.663. The highest BCUT2D eigenvalue weighted by Gasteiger charge is 2.37. The standard InChI is InChI=1S/C26H32N4O3/c1-26(2)13-21-23(22(32)14-26)24-20(4-3-11-28-24)30(21)16-7-10-18(25(27)33)19(12-16)29-15-5-8-17(31)9-6-15/h3-4,11-12,15,17,29,31H,5-10,13-14H2,1-2H3,(H2,27,33). The number of amides is 1. The van der Waals surface area contributed by atoms with E-state index in [2.05, 4.69) is 28.7 Å². The summed E-state index contributed by atoms with van der Waals surface area (Å²) in [6.07, 6.45) is 9.27. The number of hydrogen-bond donors (Lipinski definition) is 3. The minimum atomic E-state index is -0.402. The van der Waals surface area contributed by atoms with Crippen molar-refractivity contribution in [1.29, 1.82) is 0 Å². The average molecular weight is 449 g/mol. The number of nitrogens with one attached hydrogen (secondary N) is 1. The predicted molar refractivity (Wildman–Crippen MR) is 127 cm³/mol. The van der Waals surface area contributed by atoms with Crippen LogP contribution in [-0.4, -0.2) is 38.5 Å². The third-order valence-corrected chi connectivity index (χ3v) is 7.29. The lowest BCUT2D eigenvalue weighted by molar-refractivity contribution is -0.114. The fraction of sp³-hybridized carbons (Fsp3) is 0.500. The minimum Gasteiger partial charge on any atom is -0.393 e. The molecule has 0 atom stereocenters. The molecule has 4 N–H and O–H groups in total. The van der Waals surface area contributed by atoms with Crippen LogP contribution in [0, 0.1) is 5.41 Å². The van der Waals surface area contributed by atoms with Gasteiger partial charge in [0.2, 0.25) is 5.91 Å². The van der Waals surface area contributed by atoms with Gasteiger partial charge in [0.1, 0.15) is 0 Å². The molecule has 174 valence electrons. The van der Waals surface area contributed by atoms with Crippen LogP contribution in [0.5, 0.6) is 0 Å². The monoisotopic (exact) mass is 448 g/mol. The Hall–Kier alpha value is -2.93. The second-order valence-electron chi connectivity index (χ2n) is 10.5. The lowest BCUT2D eigenvalue weighted by atomic mass is 9.76. The second kappa shape index (κ2) is 8.13. The number of Topliss-reactive ketones (excluding diaryl/α,β-unsaturated/α-hetero) is 1. The van der Waals surface area contributed by atoms with Gasteiger partial charge in [0.05, 0.1) is 22.7 Å². The number of aliphatic hydroxyl groups excluding tert-OH is 1. The molecule has 1 amide bonds. The highest BCUT2D eigenvalue weighted by Crippen LogP contribution is 2.42. The van der Waals surface area contributed by atoms with E-state index in [0.29, 0.717) is 24.8 Å². The number of allylic oxidation sites excluding steroid dienone is 2. The minimum absolute atomic E-state index is 0.121. The zero-order chi connectivity index (χ0) is 23.3. The number of carbonyl (C=O) groups is 2. The Morgan fingerprint density at radius 2 is 1.97 bits per heavy atom. The fourth-order valence-corrected chi connectivity index (χ4v) is 5.71. The molecule has 0 aliphatic heterocycles. The summed E-state index contributed by atoms with van der Waals surface area (Å²) in [5.41, 5.74) is 11.5. The lowest BCUT2D eigenvalue weighted by Crippen LogP contribution is -2.36. The summed E-state index contributed by atoms with van der Waals surface area (Å²) in [4.78, 5) is 29.9. The lowest BCUT2D eigenvalue weighted by Gasteiger charge is -2.32. The van der Waals surface area contributed by atoms with E-state index in [4.69, 9.17) is 5.73 Å². The van der Waals surface area contributed by atoms with Crippen molar-refractivity contribution in [3.63, 3.8) is 0 Å². The van der Waals surface area contributed by atoms with E-state index in [1.54, 1.807) is 6.20 Å². The summed E-state index contributed by atoms with van der Waals surface area (Å²) in [5, 5.41) is 13.4. The Kier molecular flexibility index (Phi) is 5.40. The van der Waals surface area contributed by atoms with Crippen LogP contribution in [0.15, 0.2) is 35.7 Å². The van der Waals surface area contributed by atoms with Gasteiger partial charge in [0.25, 0.3) is 0 Å². The molecule has 2 aromatic heterocycles. The van der Waals surface area contributed by atoms with Gasteiger partial charge in [-0.05, 0) is 68.6 Å². The van der Waals surface area contributed by atoms with Gasteiger partial charge in [-0.1, -0.05) is 13.8 Å². The maximum absolute atomic E-state index is 13.1. The van der Waals surface area contributed by atoms with Gasteiger partial charge in [-0.15, -0.1) is 0 Å². The molecule has 2 heterocycles. The van der Waals surface area contributed by atoms with Crippen LogP contribution in [0.3, 0.4) is 0 Å². The molecule has 5 rings (SSSR count).